The van der Waals surface area contributed by atoms with E-state index in [9.17, 15) is 0 Å². The summed E-state index contributed by atoms with van der Waals surface area (Å²) in [5, 5.41) is 8.36. The SMILES string of the molecule is COc1ccc2nc(-c3ccc(C)cc3)nnc2c1. The first-order chi connectivity index (χ1) is 9.26. The summed E-state index contributed by atoms with van der Waals surface area (Å²) < 4.78 is 5.15. The molecule has 3 rings (SSSR count). The minimum absolute atomic E-state index is 0.637. The van der Waals surface area contributed by atoms with E-state index in [4.69, 9.17) is 4.74 Å². The lowest BCUT2D eigenvalue weighted by atomic mass is 10.1. The van der Waals surface area contributed by atoms with Gasteiger partial charge in [0.05, 0.1) is 12.6 Å². The second-order valence-corrected chi connectivity index (χ2v) is 4.36. The van der Waals surface area contributed by atoms with E-state index in [1.165, 1.54) is 5.56 Å². The standard InChI is InChI=1S/C15H13N3O/c1-10-3-5-11(6-4-10)15-16-13-8-7-12(19-2)9-14(13)17-18-15/h3-9H,1-2H3. The molecule has 0 saturated carbocycles. The molecule has 0 aliphatic carbocycles. The van der Waals surface area contributed by atoms with Crippen LogP contribution >= 0.6 is 0 Å². The summed E-state index contributed by atoms with van der Waals surface area (Å²) in [5.74, 6) is 1.39. The Morgan fingerprint density at radius 1 is 0.895 bits per heavy atom. The molecule has 0 radical (unpaired) electrons. The first-order valence-electron chi connectivity index (χ1n) is 6.02. The highest BCUT2D eigenvalue weighted by atomic mass is 16.5. The van der Waals surface area contributed by atoms with E-state index < -0.39 is 0 Å². The maximum atomic E-state index is 5.15. The summed E-state index contributed by atoms with van der Waals surface area (Å²) in [6.45, 7) is 2.05. The molecule has 19 heavy (non-hydrogen) atoms. The largest absolute Gasteiger partial charge is 0.497 e. The van der Waals surface area contributed by atoms with Gasteiger partial charge in [-0.25, -0.2) is 4.98 Å². The lowest BCUT2D eigenvalue weighted by molar-refractivity contribution is 0.415. The van der Waals surface area contributed by atoms with Crippen LogP contribution in [0.4, 0.5) is 0 Å². The van der Waals surface area contributed by atoms with E-state index in [2.05, 4.69) is 22.1 Å². The van der Waals surface area contributed by atoms with Gasteiger partial charge < -0.3 is 4.74 Å². The zero-order chi connectivity index (χ0) is 13.2. The Kier molecular flexibility index (Phi) is 2.83. The zero-order valence-corrected chi connectivity index (χ0v) is 10.8. The number of aryl methyl sites for hydroxylation is 1. The monoisotopic (exact) mass is 251 g/mol. The van der Waals surface area contributed by atoms with E-state index in [1.54, 1.807) is 7.11 Å². The molecule has 4 heteroatoms. The molecule has 4 nitrogen and oxygen atoms in total. The first kappa shape index (κ1) is 11.6. The van der Waals surface area contributed by atoms with Crippen LogP contribution in [0.3, 0.4) is 0 Å². The van der Waals surface area contributed by atoms with Gasteiger partial charge in [-0.05, 0) is 19.1 Å². The van der Waals surface area contributed by atoms with Crippen molar-refractivity contribution < 1.29 is 4.74 Å². The van der Waals surface area contributed by atoms with E-state index in [-0.39, 0.29) is 0 Å². The molecule has 0 atom stereocenters. The van der Waals surface area contributed by atoms with Crippen LogP contribution in [0.5, 0.6) is 5.75 Å². The lowest BCUT2D eigenvalue weighted by Crippen LogP contribution is -1.94. The van der Waals surface area contributed by atoms with Crippen LogP contribution in [0, 0.1) is 6.92 Å². The predicted octanol–water partition coefficient (Wildman–Crippen LogP) is 3.01. The predicted molar refractivity (Wildman–Crippen MR) is 74.1 cm³/mol. The highest BCUT2D eigenvalue weighted by Crippen LogP contribution is 2.20. The van der Waals surface area contributed by atoms with Crippen molar-refractivity contribution in [2.24, 2.45) is 0 Å². The van der Waals surface area contributed by atoms with Gasteiger partial charge in [-0.15, -0.1) is 10.2 Å². The molecule has 0 aliphatic rings. The van der Waals surface area contributed by atoms with Crippen molar-refractivity contribution in [1.29, 1.82) is 0 Å². The Morgan fingerprint density at radius 3 is 2.42 bits per heavy atom. The van der Waals surface area contributed by atoms with Gasteiger partial charge in [0.25, 0.3) is 0 Å². The summed E-state index contributed by atoms with van der Waals surface area (Å²) in [4.78, 5) is 4.52. The number of fused-ring (bicyclic) bond motifs is 1. The van der Waals surface area contributed by atoms with Gasteiger partial charge in [0.15, 0.2) is 5.82 Å². The quantitative estimate of drug-likeness (QED) is 0.702. The topological polar surface area (TPSA) is 47.9 Å². The number of nitrogens with zero attached hydrogens (tertiary/aromatic N) is 3. The van der Waals surface area contributed by atoms with Crippen LogP contribution in [0.25, 0.3) is 22.4 Å². The fraction of sp³-hybridized carbons (Fsp3) is 0.133. The molecule has 0 bridgehead atoms. The van der Waals surface area contributed by atoms with E-state index >= 15 is 0 Å². The molecular formula is C15H13N3O. The molecule has 1 heterocycles. The van der Waals surface area contributed by atoms with Gasteiger partial charge in [-0.1, -0.05) is 29.8 Å². The van der Waals surface area contributed by atoms with Crippen molar-refractivity contribution in [1.82, 2.24) is 15.2 Å². The van der Waals surface area contributed by atoms with Crippen LogP contribution < -0.4 is 4.74 Å². The summed E-state index contributed by atoms with van der Waals surface area (Å²) in [7, 11) is 1.63. The van der Waals surface area contributed by atoms with Crippen molar-refractivity contribution in [3.05, 3.63) is 48.0 Å². The minimum atomic E-state index is 0.637. The van der Waals surface area contributed by atoms with E-state index in [1.807, 2.05) is 42.5 Å². The van der Waals surface area contributed by atoms with Crippen LogP contribution in [-0.2, 0) is 0 Å². The molecule has 0 aliphatic heterocycles. The Labute approximate surface area is 111 Å². The second-order valence-electron chi connectivity index (χ2n) is 4.36. The molecule has 0 saturated heterocycles. The molecule has 3 aromatic rings. The highest BCUT2D eigenvalue weighted by Gasteiger charge is 2.05. The summed E-state index contributed by atoms with van der Waals surface area (Å²) in [5.41, 5.74) is 3.72. The Balaban J connectivity index is 2.08. The van der Waals surface area contributed by atoms with Gasteiger partial charge >= 0.3 is 0 Å². The van der Waals surface area contributed by atoms with Crippen molar-refractivity contribution in [2.75, 3.05) is 7.11 Å². The highest BCUT2D eigenvalue weighted by molar-refractivity contribution is 5.77. The summed E-state index contributed by atoms with van der Waals surface area (Å²) >= 11 is 0. The molecule has 0 N–H and O–H groups in total. The average Bonchev–Trinajstić information content (AvgIpc) is 2.47. The van der Waals surface area contributed by atoms with E-state index in [0.29, 0.717) is 5.82 Å². The Morgan fingerprint density at radius 2 is 1.68 bits per heavy atom. The first-order valence-corrected chi connectivity index (χ1v) is 6.02. The number of ether oxygens (including phenoxy) is 1. The third-order valence-corrected chi connectivity index (χ3v) is 2.97. The third-order valence-electron chi connectivity index (χ3n) is 2.97. The van der Waals surface area contributed by atoms with Crippen LogP contribution in [-0.4, -0.2) is 22.3 Å². The molecule has 2 aromatic carbocycles. The number of rotatable bonds is 2. The van der Waals surface area contributed by atoms with Crippen LogP contribution in [0.2, 0.25) is 0 Å². The third kappa shape index (κ3) is 2.25. The fourth-order valence-electron chi connectivity index (χ4n) is 1.87. The Hall–Kier alpha value is -2.49. The van der Waals surface area contributed by atoms with Gasteiger partial charge in [0.2, 0.25) is 0 Å². The van der Waals surface area contributed by atoms with Crippen molar-refractivity contribution >= 4 is 11.0 Å². The molecule has 0 amide bonds. The van der Waals surface area contributed by atoms with Crippen LogP contribution in [0.15, 0.2) is 42.5 Å². The van der Waals surface area contributed by atoms with Crippen molar-refractivity contribution in [3.63, 3.8) is 0 Å². The zero-order valence-electron chi connectivity index (χ0n) is 10.8. The smallest absolute Gasteiger partial charge is 0.182 e. The molecular weight excluding hydrogens is 238 g/mol. The normalized spacial score (nSPS) is 10.6. The van der Waals surface area contributed by atoms with E-state index in [0.717, 1.165) is 22.3 Å². The lowest BCUT2D eigenvalue weighted by Gasteiger charge is -2.03. The molecule has 94 valence electrons. The Bertz CT molecular complexity index is 723. The number of hydrogen-bond acceptors (Lipinski definition) is 4. The average molecular weight is 251 g/mol. The van der Waals surface area contributed by atoms with Crippen LogP contribution in [0.1, 0.15) is 5.56 Å². The van der Waals surface area contributed by atoms with Gasteiger partial charge in [-0.3, -0.25) is 0 Å². The van der Waals surface area contributed by atoms with Gasteiger partial charge in [0, 0.05) is 11.6 Å². The molecule has 0 spiro atoms. The molecule has 1 aromatic heterocycles. The minimum Gasteiger partial charge on any atom is -0.497 e. The molecule has 0 fully saturated rings. The number of aromatic nitrogens is 3. The maximum Gasteiger partial charge on any atom is 0.182 e. The van der Waals surface area contributed by atoms with Gasteiger partial charge in [-0.2, -0.15) is 0 Å². The maximum absolute atomic E-state index is 5.15. The summed E-state index contributed by atoms with van der Waals surface area (Å²) in [6.07, 6.45) is 0. The van der Waals surface area contributed by atoms with Crippen molar-refractivity contribution in [2.45, 2.75) is 6.92 Å². The second kappa shape index (κ2) is 4.65. The fourth-order valence-corrected chi connectivity index (χ4v) is 1.87. The van der Waals surface area contributed by atoms with Gasteiger partial charge in [0.1, 0.15) is 11.3 Å². The summed E-state index contributed by atoms with van der Waals surface area (Å²) in [6, 6.07) is 13.7. The number of hydrogen-bond donors (Lipinski definition) is 0. The number of methoxy groups -OCH3 is 1. The van der Waals surface area contributed by atoms with Crippen molar-refractivity contribution in [3.8, 4) is 17.1 Å². The molecule has 0 unspecified atom stereocenters. The number of benzene rings is 2.